The molecule has 8 nitrogen and oxygen atoms in total. The molecule has 2 N–H and O–H groups in total. The average molecular weight is 384 g/mol. The van der Waals surface area contributed by atoms with Crippen LogP contribution in [0.5, 0.6) is 5.75 Å². The third-order valence-electron chi connectivity index (χ3n) is 4.24. The van der Waals surface area contributed by atoms with Crippen molar-refractivity contribution in [1.29, 1.82) is 0 Å². The van der Waals surface area contributed by atoms with E-state index in [1.165, 1.54) is 29.6 Å². The number of benzene rings is 1. The standard InChI is InChI=1S/C17H24N2O6S/c1-25-15-7-6-13(12-14(15)17(22)18-9-8-16(20)21)26(23,24)19-10-4-2-3-5-11-19/h6-7,12H,2-5,8-11H2,1H3,(H,18,22)(H,20,21). The van der Waals surface area contributed by atoms with E-state index in [1.807, 2.05) is 0 Å². The summed E-state index contributed by atoms with van der Waals surface area (Å²) in [6.07, 6.45) is 3.42. The molecule has 0 bridgehead atoms. The number of aliphatic carboxylic acids is 1. The van der Waals surface area contributed by atoms with Crippen LogP contribution in [-0.4, -0.2) is 56.5 Å². The van der Waals surface area contributed by atoms with Crippen LogP contribution in [0.15, 0.2) is 23.1 Å². The Labute approximate surface area is 153 Å². The van der Waals surface area contributed by atoms with E-state index in [9.17, 15) is 18.0 Å². The minimum absolute atomic E-state index is 0.0311. The van der Waals surface area contributed by atoms with Crippen molar-refractivity contribution in [3.63, 3.8) is 0 Å². The van der Waals surface area contributed by atoms with E-state index in [-0.39, 0.29) is 29.2 Å². The number of hydrogen-bond donors (Lipinski definition) is 2. The molecule has 1 aliphatic heterocycles. The van der Waals surface area contributed by atoms with E-state index < -0.39 is 21.9 Å². The summed E-state index contributed by atoms with van der Waals surface area (Å²) < 4.78 is 32.4. The van der Waals surface area contributed by atoms with Crippen LogP contribution in [0.25, 0.3) is 0 Å². The number of carbonyl (C=O) groups is 2. The van der Waals surface area contributed by atoms with Gasteiger partial charge in [0, 0.05) is 19.6 Å². The van der Waals surface area contributed by atoms with Crippen LogP contribution in [0.2, 0.25) is 0 Å². The minimum atomic E-state index is -3.70. The summed E-state index contributed by atoms with van der Waals surface area (Å²) in [6.45, 7) is 0.878. The number of amides is 1. The molecule has 26 heavy (non-hydrogen) atoms. The number of ether oxygens (including phenoxy) is 1. The molecule has 0 radical (unpaired) electrons. The molecule has 0 spiro atoms. The Morgan fingerprint density at radius 2 is 1.85 bits per heavy atom. The minimum Gasteiger partial charge on any atom is -0.496 e. The number of sulfonamides is 1. The van der Waals surface area contributed by atoms with Gasteiger partial charge >= 0.3 is 5.97 Å². The number of methoxy groups -OCH3 is 1. The highest BCUT2D eigenvalue weighted by molar-refractivity contribution is 7.89. The molecule has 0 saturated carbocycles. The van der Waals surface area contributed by atoms with Crippen LogP contribution in [0.1, 0.15) is 42.5 Å². The van der Waals surface area contributed by atoms with E-state index in [0.717, 1.165) is 25.7 Å². The molecule has 0 aromatic heterocycles. The van der Waals surface area contributed by atoms with Crippen molar-refractivity contribution < 1.29 is 27.9 Å². The molecule has 1 amide bonds. The van der Waals surface area contributed by atoms with Gasteiger partial charge in [-0.2, -0.15) is 4.31 Å². The van der Waals surface area contributed by atoms with Crippen molar-refractivity contribution in [2.24, 2.45) is 0 Å². The number of carbonyl (C=O) groups excluding carboxylic acids is 1. The number of rotatable bonds is 7. The fourth-order valence-electron chi connectivity index (χ4n) is 2.83. The molecule has 1 aromatic rings. The molecule has 1 heterocycles. The SMILES string of the molecule is COc1ccc(S(=O)(=O)N2CCCCCC2)cc1C(=O)NCCC(=O)O. The van der Waals surface area contributed by atoms with Crippen LogP contribution in [0.3, 0.4) is 0 Å². The molecule has 0 atom stereocenters. The molecule has 1 aliphatic rings. The first kappa shape index (κ1) is 20.2. The van der Waals surface area contributed by atoms with Crippen LogP contribution >= 0.6 is 0 Å². The summed E-state index contributed by atoms with van der Waals surface area (Å²) in [5.74, 6) is -1.38. The lowest BCUT2D eigenvalue weighted by atomic mass is 10.2. The molecule has 2 rings (SSSR count). The molecule has 0 aliphatic carbocycles. The normalized spacial score (nSPS) is 15.9. The summed E-state index contributed by atoms with van der Waals surface area (Å²) in [4.78, 5) is 22.9. The van der Waals surface area contributed by atoms with E-state index in [0.29, 0.717) is 13.1 Å². The van der Waals surface area contributed by atoms with Gasteiger partial charge in [0.2, 0.25) is 10.0 Å². The largest absolute Gasteiger partial charge is 0.496 e. The smallest absolute Gasteiger partial charge is 0.305 e. The van der Waals surface area contributed by atoms with Gasteiger partial charge in [-0.1, -0.05) is 12.8 Å². The van der Waals surface area contributed by atoms with Crippen molar-refractivity contribution in [2.45, 2.75) is 37.0 Å². The highest BCUT2D eigenvalue weighted by atomic mass is 32.2. The maximum atomic E-state index is 12.9. The van der Waals surface area contributed by atoms with Gasteiger partial charge in [0.05, 0.1) is 24.0 Å². The van der Waals surface area contributed by atoms with Gasteiger partial charge in [-0.3, -0.25) is 9.59 Å². The lowest BCUT2D eigenvalue weighted by Gasteiger charge is -2.20. The molecular weight excluding hydrogens is 360 g/mol. The molecule has 1 fully saturated rings. The lowest BCUT2D eigenvalue weighted by Crippen LogP contribution is -2.32. The van der Waals surface area contributed by atoms with Crippen molar-refractivity contribution in [3.05, 3.63) is 23.8 Å². The molecule has 1 aromatic carbocycles. The Kier molecular flexibility index (Phi) is 6.98. The second-order valence-electron chi connectivity index (χ2n) is 6.08. The van der Waals surface area contributed by atoms with Gasteiger partial charge in [0.15, 0.2) is 0 Å². The third kappa shape index (κ3) is 4.95. The van der Waals surface area contributed by atoms with E-state index in [1.54, 1.807) is 0 Å². The lowest BCUT2D eigenvalue weighted by molar-refractivity contribution is -0.136. The van der Waals surface area contributed by atoms with Gasteiger partial charge in [0.1, 0.15) is 5.75 Å². The van der Waals surface area contributed by atoms with Crippen LogP contribution in [-0.2, 0) is 14.8 Å². The van der Waals surface area contributed by atoms with Gasteiger partial charge in [-0.15, -0.1) is 0 Å². The highest BCUT2D eigenvalue weighted by Crippen LogP contribution is 2.26. The Hall–Kier alpha value is -2.13. The number of nitrogens with one attached hydrogen (secondary N) is 1. The summed E-state index contributed by atoms with van der Waals surface area (Å²) >= 11 is 0. The zero-order valence-electron chi connectivity index (χ0n) is 14.7. The second kappa shape index (κ2) is 9.00. The maximum Gasteiger partial charge on any atom is 0.305 e. The zero-order chi connectivity index (χ0) is 19.2. The Morgan fingerprint density at radius 1 is 1.19 bits per heavy atom. The van der Waals surface area contributed by atoms with Gasteiger partial charge in [-0.05, 0) is 31.0 Å². The van der Waals surface area contributed by atoms with E-state index in [4.69, 9.17) is 9.84 Å². The van der Waals surface area contributed by atoms with Crippen LogP contribution in [0.4, 0.5) is 0 Å². The molecular formula is C17H24N2O6S. The fourth-order valence-corrected chi connectivity index (χ4v) is 4.38. The highest BCUT2D eigenvalue weighted by Gasteiger charge is 2.27. The predicted molar refractivity (Wildman–Crippen MR) is 94.8 cm³/mol. The number of carboxylic acid groups (broad SMARTS) is 1. The first-order chi connectivity index (χ1) is 12.4. The van der Waals surface area contributed by atoms with Crippen molar-refractivity contribution in [3.8, 4) is 5.75 Å². The van der Waals surface area contributed by atoms with Gasteiger partial charge < -0.3 is 15.2 Å². The second-order valence-corrected chi connectivity index (χ2v) is 8.02. The zero-order valence-corrected chi connectivity index (χ0v) is 15.5. The summed E-state index contributed by atoms with van der Waals surface area (Å²) in [5.41, 5.74) is 0.0637. The quantitative estimate of drug-likeness (QED) is 0.736. The average Bonchev–Trinajstić information content (AvgIpc) is 2.90. The van der Waals surface area contributed by atoms with Crippen LogP contribution < -0.4 is 10.1 Å². The van der Waals surface area contributed by atoms with Crippen molar-refractivity contribution >= 4 is 21.9 Å². The summed E-state index contributed by atoms with van der Waals surface area (Å²) in [7, 11) is -2.32. The monoisotopic (exact) mass is 384 g/mol. The Balaban J connectivity index is 2.27. The third-order valence-corrected chi connectivity index (χ3v) is 6.14. The summed E-state index contributed by atoms with van der Waals surface area (Å²) in [5, 5.41) is 11.1. The maximum absolute atomic E-state index is 12.9. The van der Waals surface area contributed by atoms with E-state index >= 15 is 0 Å². The summed E-state index contributed by atoms with van der Waals surface area (Å²) in [6, 6.07) is 4.15. The molecule has 1 saturated heterocycles. The first-order valence-electron chi connectivity index (χ1n) is 8.54. The van der Waals surface area contributed by atoms with Gasteiger partial charge in [0.25, 0.3) is 5.91 Å². The van der Waals surface area contributed by atoms with Gasteiger partial charge in [-0.25, -0.2) is 8.42 Å². The van der Waals surface area contributed by atoms with Crippen molar-refractivity contribution in [2.75, 3.05) is 26.7 Å². The number of hydrogen-bond acceptors (Lipinski definition) is 5. The van der Waals surface area contributed by atoms with E-state index in [2.05, 4.69) is 5.32 Å². The Morgan fingerprint density at radius 3 is 2.42 bits per heavy atom. The molecule has 144 valence electrons. The molecule has 0 unspecified atom stereocenters. The topological polar surface area (TPSA) is 113 Å². The molecule has 9 heteroatoms. The van der Waals surface area contributed by atoms with Crippen LogP contribution in [0, 0.1) is 0 Å². The first-order valence-corrected chi connectivity index (χ1v) is 9.98. The van der Waals surface area contributed by atoms with Crippen molar-refractivity contribution in [1.82, 2.24) is 9.62 Å². The predicted octanol–water partition coefficient (Wildman–Crippen LogP) is 1.46. The number of carboxylic acids is 1. The number of nitrogens with zero attached hydrogens (tertiary/aromatic N) is 1. The Bertz CT molecular complexity index is 755. The fraction of sp³-hybridized carbons (Fsp3) is 0.529.